The molecule has 1 aliphatic carbocycles. The van der Waals surface area contributed by atoms with Crippen molar-refractivity contribution in [3.05, 3.63) is 89.7 Å². The number of hydrogen-bond donors (Lipinski definition) is 2. The van der Waals surface area contributed by atoms with E-state index in [0.717, 1.165) is 30.6 Å². The minimum absolute atomic E-state index is 0.145. The molecule has 4 aliphatic rings. The number of halogens is 1. The van der Waals surface area contributed by atoms with E-state index in [1.54, 1.807) is 48.5 Å². The summed E-state index contributed by atoms with van der Waals surface area (Å²) in [6.07, 6.45) is 5.04. The van der Waals surface area contributed by atoms with Gasteiger partial charge in [-0.05, 0) is 80.2 Å². The SMILES string of the molecule is CSc1cccc(NC(=O)NC2N=C(c3ccccc3F)c3ccccc3N(CC(=O)N3CC4CCC(CC4)C3)C2=O)c1. The topological polar surface area (TPSA) is 94.1 Å². The van der Waals surface area contributed by atoms with Gasteiger partial charge in [-0.3, -0.25) is 14.5 Å². The van der Waals surface area contributed by atoms with Crippen molar-refractivity contribution in [1.82, 2.24) is 10.2 Å². The van der Waals surface area contributed by atoms with Crippen LogP contribution in [0.2, 0.25) is 0 Å². The zero-order chi connectivity index (χ0) is 29.9. The number of benzodiazepines with no additional fused rings is 1. The highest BCUT2D eigenvalue weighted by molar-refractivity contribution is 7.98. The summed E-state index contributed by atoms with van der Waals surface area (Å²) in [4.78, 5) is 50.1. The van der Waals surface area contributed by atoms with Gasteiger partial charge in [-0.1, -0.05) is 36.4 Å². The fraction of sp³-hybridized carbons (Fsp3) is 0.333. The molecule has 3 fully saturated rings. The number of thioether (sulfide) groups is 1. The molecule has 8 nitrogen and oxygen atoms in total. The zero-order valence-electron chi connectivity index (χ0n) is 24.0. The predicted molar refractivity (Wildman–Crippen MR) is 167 cm³/mol. The third-order valence-electron chi connectivity index (χ3n) is 8.50. The van der Waals surface area contributed by atoms with Crippen LogP contribution in [0.15, 0.2) is 82.7 Å². The molecule has 0 aromatic heterocycles. The zero-order valence-corrected chi connectivity index (χ0v) is 24.8. The Balaban J connectivity index is 1.35. The number of nitrogens with zero attached hydrogens (tertiary/aromatic N) is 3. The van der Waals surface area contributed by atoms with Crippen LogP contribution in [0, 0.1) is 17.7 Å². The molecule has 4 amide bonds. The van der Waals surface area contributed by atoms with Crippen molar-refractivity contribution >= 4 is 46.7 Å². The molecular formula is C33H34FN5O3S. The van der Waals surface area contributed by atoms with Crippen molar-refractivity contribution in [3.63, 3.8) is 0 Å². The Morgan fingerprint density at radius 1 is 0.930 bits per heavy atom. The monoisotopic (exact) mass is 599 g/mol. The van der Waals surface area contributed by atoms with Crippen LogP contribution in [-0.4, -0.2) is 60.5 Å². The Bertz CT molecular complexity index is 1560. The lowest BCUT2D eigenvalue weighted by Gasteiger charge is -2.29. The number of nitrogens with one attached hydrogen (secondary N) is 2. The molecule has 3 aliphatic heterocycles. The van der Waals surface area contributed by atoms with Gasteiger partial charge in [-0.25, -0.2) is 14.2 Å². The summed E-state index contributed by atoms with van der Waals surface area (Å²) in [5, 5.41) is 5.45. The number of amides is 4. The molecule has 2 saturated heterocycles. The Kier molecular flexibility index (Phi) is 8.47. The number of para-hydroxylation sites is 1. The van der Waals surface area contributed by atoms with Gasteiger partial charge in [0, 0.05) is 34.8 Å². The van der Waals surface area contributed by atoms with E-state index >= 15 is 4.39 Å². The maximum atomic E-state index is 15.2. The van der Waals surface area contributed by atoms with Crippen molar-refractivity contribution in [1.29, 1.82) is 0 Å². The normalized spacial score (nSPS) is 21.4. The lowest BCUT2D eigenvalue weighted by atomic mass is 9.84. The first-order valence-electron chi connectivity index (χ1n) is 14.6. The molecule has 2 bridgehead atoms. The summed E-state index contributed by atoms with van der Waals surface area (Å²) in [5.41, 5.74) is 1.91. The fourth-order valence-corrected chi connectivity index (χ4v) is 6.74. The van der Waals surface area contributed by atoms with Crippen LogP contribution in [-0.2, 0) is 9.59 Å². The Morgan fingerprint density at radius 3 is 2.30 bits per heavy atom. The van der Waals surface area contributed by atoms with Crippen LogP contribution in [0.5, 0.6) is 0 Å². The lowest BCUT2D eigenvalue weighted by molar-refractivity contribution is -0.132. The van der Waals surface area contributed by atoms with Crippen LogP contribution in [0.4, 0.5) is 20.6 Å². The number of hydrogen-bond acceptors (Lipinski definition) is 5. The molecule has 43 heavy (non-hydrogen) atoms. The molecule has 3 heterocycles. The van der Waals surface area contributed by atoms with Crippen molar-refractivity contribution in [2.45, 2.75) is 36.7 Å². The average molecular weight is 600 g/mol. The summed E-state index contributed by atoms with van der Waals surface area (Å²) in [6.45, 7) is 1.18. The third kappa shape index (κ3) is 6.29. The molecule has 222 valence electrons. The second-order valence-corrected chi connectivity index (χ2v) is 12.2. The van der Waals surface area contributed by atoms with Crippen molar-refractivity contribution in [2.75, 3.05) is 36.1 Å². The third-order valence-corrected chi connectivity index (χ3v) is 9.23. The average Bonchev–Trinajstić information content (AvgIpc) is 3.40. The van der Waals surface area contributed by atoms with E-state index in [-0.39, 0.29) is 23.7 Å². The molecular weight excluding hydrogens is 565 g/mol. The number of rotatable bonds is 6. The van der Waals surface area contributed by atoms with E-state index in [4.69, 9.17) is 0 Å². The molecule has 7 rings (SSSR count). The van der Waals surface area contributed by atoms with Crippen molar-refractivity contribution < 1.29 is 18.8 Å². The van der Waals surface area contributed by atoms with Gasteiger partial charge < -0.3 is 15.5 Å². The second-order valence-electron chi connectivity index (χ2n) is 11.3. The van der Waals surface area contributed by atoms with Gasteiger partial charge in [-0.2, -0.15) is 0 Å². The number of fused-ring (bicyclic) bond motifs is 5. The maximum absolute atomic E-state index is 15.2. The fourth-order valence-electron chi connectivity index (χ4n) is 6.28. The number of urea groups is 1. The number of benzene rings is 3. The summed E-state index contributed by atoms with van der Waals surface area (Å²) in [6, 6.07) is 19.9. The first-order valence-corrected chi connectivity index (χ1v) is 15.8. The molecule has 3 aromatic carbocycles. The minimum Gasteiger partial charge on any atom is -0.341 e. The van der Waals surface area contributed by atoms with Crippen LogP contribution in [0.3, 0.4) is 0 Å². The number of carbonyl (C=O) groups excluding carboxylic acids is 3. The molecule has 1 atom stereocenters. The molecule has 0 radical (unpaired) electrons. The van der Waals surface area contributed by atoms with Gasteiger partial charge in [0.05, 0.1) is 11.4 Å². The van der Waals surface area contributed by atoms with Crippen LogP contribution in [0.1, 0.15) is 36.8 Å². The van der Waals surface area contributed by atoms with E-state index < -0.39 is 23.9 Å². The standard InChI is InChI=1S/C33H34FN5O3S/c1-43-24-8-6-7-23(17-24)35-33(42)37-31-32(41)39(20-29(40)38-18-21-13-14-22(19-38)16-15-21)28-12-5-3-10-26(28)30(36-31)25-9-2-4-11-27(25)34/h2-12,17,21-22,31H,13-16,18-20H2,1H3,(H2,35,37,42). The van der Waals surface area contributed by atoms with Gasteiger partial charge >= 0.3 is 6.03 Å². The van der Waals surface area contributed by atoms with E-state index in [9.17, 15) is 14.4 Å². The largest absolute Gasteiger partial charge is 0.341 e. The van der Waals surface area contributed by atoms with Crippen molar-refractivity contribution in [2.24, 2.45) is 16.8 Å². The Morgan fingerprint density at radius 2 is 1.60 bits per heavy atom. The molecule has 0 spiro atoms. The summed E-state index contributed by atoms with van der Waals surface area (Å²) in [5.74, 6) is -0.265. The van der Waals surface area contributed by atoms with Crippen molar-refractivity contribution in [3.8, 4) is 0 Å². The number of anilines is 2. The quantitative estimate of drug-likeness (QED) is 0.365. The van der Waals surface area contributed by atoms with Crippen LogP contribution >= 0.6 is 11.8 Å². The Labute approximate surface area is 254 Å². The van der Waals surface area contributed by atoms with Gasteiger partial charge in [0.25, 0.3) is 5.91 Å². The highest BCUT2D eigenvalue weighted by Crippen LogP contribution is 2.34. The number of carbonyl (C=O) groups is 3. The molecule has 1 unspecified atom stereocenters. The maximum Gasteiger partial charge on any atom is 0.321 e. The smallest absolute Gasteiger partial charge is 0.321 e. The van der Waals surface area contributed by atoms with Crippen LogP contribution in [0.25, 0.3) is 0 Å². The second kappa shape index (κ2) is 12.6. The number of aliphatic imine (C=N–C) groups is 1. The molecule has 3 aromatic rings. The van der Waals surface area contributed by atoms with E-state index in [2.05, 4.69) is 15.6 Å². The van der Waals surface area contributed by atoms with Gasteiger partial charge in [0.15, 0.2) is 0 Å². The molecule has 10 heteroatoms. The highest BCUT2D eigenvalue weighted by Gasteiger charge is 2.37. The van der Waals surface area contributed by atoms with E-state index in [1.807, 2.05) is 29.4 Å². The summed E-state index contributed by atoms with van der Waals surface area (Å²) >= 11 is 1.54. The molecule has 1 saturated carbocycles. The highest BCUT2D eigenvalue weighted by atomic mass is 32.2. The van der Waals surface area contributed by atoms with Gasteiger partial charge in [-0.15, -0.1) is 11.8 Å². The Hall–Kier alpha value is -4.18. The minimum atomic E-state index is -1.40. The van der Waals surface area contributed by atoms with Gasteiger partial charge in [0.2, 0.25) is 12.1 Å². The van der Waals surface area contributed by atoms with Crippen LogP contribution < -0.4 is 15.5 Å². The van der Waals surface area contributed by atoms with Gasteiger partial charge in [0.1, 0.15) is 12.4 Å². The van der Waals surface area contributed by atoms with E-state index in [1.165, 1.54) is 22.7 Å². The summed E-state index contributed by atoms with van der Waals surface area (Å²) in [7, 11) is 0. The predicted octanol–water partition coefficient (Wildman–Crippen LogP) is 5.53. The summed E-state index contributed by atoms with van der Waals surface area (Å²) < 4.78 is 15.2. The first kappa shape index (κ1) is 28.9. The van der Waals surface area contributed by atoms with E-state index in [0.29, 0.717) is 41.9 Å². The molecule has 2 N–H and O–H groups in total. The lowest BCUT2D eigenvalue weighted by Crippen LogP contribution is -2.51. The first-order chi connectivity index (χ1) is 20.9.